The van der Waals surface area contributed by atoms with E-state index in [0.717, 1.165) is 55.5 Å². The molecule has 0 N–H and O–H groups in total. The van der Waals surface area contributed by atoms with E-state index in [9.17, 15) is 0 Å². The predicted octanol–water partition coefficient (Wildman–Crippen LogP) is 17.8. The highest BCUT2D eigenvalue weighted by Gasteiger charge is 2.37. The van der Waals surface area contributed by atoms with E-state index in [-0.39, 0.29) is 5.41 Å². The van der Waals surface area contributed by atoms with Crippen molar-refractivity contribution in [2.24, 2.45) is 0 Å². The first-order chi connectivity index (χ1) is 32.0. The van der Waals surface area contributed by atoms with Crippen LogP contribution in [0.4, 0.5) is 17.1 Å². The molecule has 0 amide bonds. The Morgan fingerprint density at radius 1 is 0.369 bits per heavy atom. The average molecular weight is 830 g/mol. The van der Waals surface area contributed by atoms with Gasteiger partial charge in [-0.2, -0.15) is 0 Å². The molecule has 0 spiro atoms. The van der Waals surface area contributed by atoms with Crippen molar-refractivity contribution >= 4 is 71.3 Å². The summed E-state index contributed by atoms with van der Waals surface area (Å²) >= 11 is 0. The number of hydrogen-bond donors (Lipinski definition) is 0. The van der Waals surface area contributed by atoms with Crippen molar-refractivity contribution in [3.8, 4) is 44.5 Å². The Bertz CT molecular complexity index is 3850. The third-order valence-electron chi connectivity index (χ3n) is 14.0. The van der Waals surface area contributed by atoms with Crippen LogP contribution in [0.1, 0.15) is 25.0 Å². The molecule has 2 heteroatoms. The zero-order valence-corrected chi connectivity index (χ0v) is 36.2. The first-order valence-electron chi connectivity index (χ1n) is 22.6. The largest absolute Gasteiger partial charge is 0.455 e. The number of hydrogen-bond acceptors (Lipinski definition) is 2. The van der Waals surface area contributed by atoms with Crippen molar-refractivity contribution in [3.05, 3.63) is 236 Å². The summed E-state index contributed by atoms with van der Waals surface area (Å²) in [5, 5.41) is 9.57. The van der Waals surface area contributed by atoms with Gasteiger partial charge in [-0.1, -0.05) is 190 Å². The fourth-order valence-electron chi connectivity index (χ4n) is 11.1. The van der Waals surface area contributed by atoms with Gasteiger partial charge in [0.2, 0.25) is 0 Å². The van der Waals surface area contributed by atoms with Gasteiger partial charge in [0.15, 0.2) is 0 Å². The summed E-state index contributed by atoms with van der Waals surface area (Å²) in [5.74, 6) is 0. The van der Waals surface area contributed by atoms with E-state index >= 15 is 0 Å². The lowest BCUT2D eigenvalue weighted by molar-refractivity contribution is 0.662. The topological polar surface area (TPSA) is 16.4 Å². The molecule has 0 radical (unpaired) electrons. The van der Waals surface area contributed by atoms with Crippen LogP contribution in [0, 0.1) is 0 Å². The van der Waals surface area contributed by atoms with Gasteiger partial charge in [-0.15, -0.1) is 0 Å². The predicted molar refractivity (Wildman–Crippen MR) is 275 cm³/mol. The van der Waals surface area contributed by atoms with Crippen molar-refractivity contribution in [2.75, 3.05) is 4.90 Å². The minimum Gasteiger partial charge on any atom is -0.455 e. The standard InChI is InChI=1S/C63H43NO/c1-63(2)57-26-11-9-21-51(57)54-25-13-23-47(61(54)63)41-29-34-44(35-30-41)64(45-36-31-42(32-37-45)56-39-43-16-4-5-17-46(43)49-19-7-8-20-50(49)56)58-27-12-10-22-52(58)53-24-14-28-59-60(53)55-38-33-40-15-3-6-18-48(40)62(55)65-59/h3-39H,1-2H3. The normalized spacial score (nSPS) is 12.9. The molecule has 0 aliphatic heterocycles. The molecule has 0 atom stereocenters. The van der Waals surface area contributed by atoms with Gasteiger partial charge in [-0.25, -0.2) is 0 Å². The Labute approximate surface area is 378 Å². The number of furan rings is 1. The third kappa shape index (κ3) is 5.74. The second-order valence-electron chi connectivity index (χ2n) is 18.0. The molecule has 0 saturated heterocycles. The van der Waals surface area contributed by atoms with Crippen LogP contribution in [-0.2, 0) is 5.41 Å². The minimum atomic E-state index is -0.116. The van der Waals surface area contributed by atoms with Crippen LogP contribution in [0.5, 0.6) is 0 Å². The van der Waals surface area contributed by atoms with Gasteiger partial charge in [0, 0.05) is 38.5 Å². The number of nitrogens with zero attached hydrogens (tertiary/aromatic N) is 1. The molecule has 12 aromatic rings. The highest BCUT2D eigenvalue weighted by atomic mass is 16.3. The Kier molecular flexibility index (Phi) is 8.29. The molecule has 1 heterocycles. The molecule has 11 aromatic carbocycles. The molecular formula is C63H43NO. The van der Waals surface area contributed by atoms with Crippen molar-refractivity contribution < 1.29 is 4.42 Å². The Morgan fingerprint density at radius 2 is 0.938 bits per heavy atom. The molecule has 2 nitrogen and oxygen atoms in total. The van der Waals surface area contributed by atoms with Gasteiger partial charge >= 0.3 is 0 Å². The van der Waals surface area contributed by atoms with Crippen molar-refractivity contribution in [1.29, 1.82) is 0 Å². The van der Waals surface area contributed by atoms with Crippen LogP contribution in [-0.4, -0.2) is 0 Å². The van der Waals surface area contributed by atoms with Crippen molar-refractivity contribution in [2.45, 2.75) is 19.3 Å². The number of fused-ring (bicyclic) bond motifs is 11. The van der Waals surface area contributed by atoms with Gasteiger partial charge in [0.25, 0.3) is 0 Å². The summed E-state index contributed by atoms with van der Waals surface area (Å²) in [6.07, 6.45) is 0. The first-order valence-corrected chi connectivity index (χ1v) is 22.6. The second-order valence-corrected chi connectivity index (χ2v) is 18.0. The lowest BCUT2D eigenvalue weighted by atomic mass is 9.79. The van der Waals surface area contributed by atoms with Crippen LogP contribution in [0.3, 0.4) is 0 Å². The Hall–Kier alpha value is -8.20. The minimum absolute atomic E-state index is 0.116. The molecule has 0 bridgehead atoms. The quantitative estimate of drug-likeness (QED) is 0.155. The second kappa shape index (κ2) is 14.4. The lowest BCUT2D eigenvalue weighted by Crippen LogP contribution is -2.16. The summed E-state index contributed by atoms with van der Waals surface area (Å²) in [7, 11) is 0. The first kappa shape index (κ1) is 37.4. The molecule has 0 fully saturated rings. The average Bonchev–Trinajstić information content (AvgIpc) is 3.87. The van der Waals surface area contributed by atoms with E-state index in [2.05, 4.69) is 243 Å². The number of para-hydroxylation sites is 1. The molecule has 1 aliphatic carbocycles. The fourth-order valence-corrected chi connectivity index (χ4v) is 11.1. The van der Waals surface area contributed by atoms with Gasteiger partial charge in [0.05, 0.1) is 5.69 Å². The van der Waals surface area contributed by atoms with Crippen LogP contribution in [0.25, 0.3) is 98.8 Å². The van der Waals surface area contributed by atoms with Crippen LogP contribution >= 0.6 is 0 Å². The lowest BCUT2D eigenvalue weighted by Gasteiger charge is -2.29. The van der Waals surface area contributed by atoms with E-state index in [0.29, 0.717) is 0 Å². The molecule has 0 unspecified atom stereocenters. The van der Waals surface area contributed by atoms with E-state index in [1.807, 2.05) is 0 Å². The maximum atomic E-state index is 6.72. The zero-order valence-electron chi connectivity index (χ0n) is 36.2. The molecule has 1 aromatic heterocycles. The highest BCUT2D eigenvalue weighted by molar-refractivity contribution is 6.20. The monoisotopic (exact) mass is 829 g/mol. The van der Waals surface area contributed by atoms with Crippen molar-refractivity contribution in [1.82, 2.24) is 0 Å². The number of benzene rings is 11. The molecule has 306 valence electrons. The summed E-state index contributed by atoms with van der Waals surface area (Å²) in [6.45, 7) is 4.73. The SMILES string of the molecule is CC1(C)c2ccccc2-c2cccc(-c3ccc(N(c4ccc(-c5cc6ccccc6c6ccccc56)cc4)c4ccccc4-c4cccc5oc6c7ccccc7ccc6c45)cc3)c21. The molecule has 1 aliphatic rings. The van der Waals surface area contributed by atoms with Crippen molar-refractivity contribution in [3.63, 3.8) is 0 Å². The Morgan fingerprint density at radius 3 is 1.72 bits per heavy atom. The van der Waals surface area contributed by atoms with Gasteiger partial charge in [-0.05, 0) is 126 Å². The number of rotatable bonds is 6. The van der Waals surface area contributed by atoms with Gasteiger partial charge in [0.1, 0.15) is 11.2 Å². The maximum Gasteiger partial charge on any atom is 0.143 e. The summed E-state index contributed by atoms with van der Waals surface area (Å²) in [6, 6.07) is 82.1. The molecular weight excluding hydrogens is 787 g/mol. The van der Waals surface area contributed by atoms with Gasteiger partial charge in [-0.3, -0.25) is 0 Å². The summed E-state index contributed by atoms with van der Waals surface area (Å²) in [4.78, 5) is 2.42. The third-order valence-corrected chi connectivity index (χ3v) is 14.0. The summed E-state index contributed by atoms with van der Waals surface area (Å²) < 4.78 is 6.72. The molecule has 0 saturated carbocycles. The highest BCUT2D eigenvalue weighted by Crippen LogP contribution is 2.53. The van der Waals surface area contributed by atoms with E-state index in [1.165, 1.54) is 71.4 Å². The van der Waals surface area contributed by atoms with E-state index < -0.39 is 0 Å². The van der Waals surface area contributed by atoms with E-state index in [1.54, 1.807) is 0 Å². The maximum absolute atomic E-state index is 6.72. The smallest absolute Gasteiger partial charge is 0.143 e. The number of anilines is 3. The molecule has 65 heavy (non-hydrogen) atoms. The summed E-state index contributed by atoms with van der Waals surface area (Å²) in [5.41, 5.74) is 17.5. The van der Waals surface area contributed by atoms with E-state index in [4.69, 9.17) is 4.42 Å². The van der Waals surface area contributed by atoms with Crippen LogP contribution < -0.4 is 4.90 Å². The molecule has 13 rings (SSSR count). The Balaban J connectivity index is 0.987. The fraction of sp³-hybridized carbons (Fsp3) is 0.0476. The van der Waals surface area contributed by atoms with Crippen LogP contribution in [0.2, 0.25) is 0 Å². The zero-order chi connectivity index (χ0) is 43.2. The van der Waals surface area contributed by atoms with Gasteiger partial charge < -0.3 is 9.32 Å². The van der Waals surface area contributed by atoms with Crippen LogP contribution in [0.15, 0.2) is 229 Å².